The Bertz CT molecular complexity index is 2810. The number of benzene rings is 4. The van der Waals surface area contributed by atoms with Gasteiger partial charge in [0.25, 0.3) is 0 Å². The summed E-state index contributed by atoms with van der Waals surface area (Å²) in [7, 11) is 3.53. The van der Waals surface area contributed by atoms with Crippen LogP contribution in [0.4, 0.5) is 0 Å². The Morgan fingerprint density at radius 1 is 0.618 bits per heavy atom. The number of nitriles is 1. The van der Waals surface area contributed by atoms with E-state index in [4.69, 9.17) is 70.0 Å². The molecule has 0 saturated carbocycles. The van der Waals surface area contributed by atoms with Gasteiger partial charge < -0.3 is 50.4 Å². The first-order valence-corrected chi connectivity index (χ1v) is 28.1. The zero-order chi connectivity index (χ0) is 53.8. The first kappa shape index (κ1) is 55.7. The number of guanidine groups is 2. The number of hydroxylamine groups is 4. The molecule has 0 aliphatic carbocycles. The van der Waals surface area contributed by atoms with Gasteiger partial charge in [-0.05, 0) is 117 Å². The summed E-state index contributed by atoms with van der Waals surface area (Å²) in [6, 6.07) is 27.9. The minimum atomic E-state index is -0.645. The molecule has 5 spiro atoms. The Kier molecular flexibility index (Phi) is 17.0. The van der Waals surface area contributed by atoms with Gasteiger partial charge in [-0.25, -0.2) is 20.1 Å². The second kappa shape index (κ2) is 23.1. The van der Waals surface area contributed by atoms with E-state index in [1.165, 1.54) is 10.1 Å². The molecule has 408 valence electrons. The average Bonchev–Trinajstić information content (AvgIpc) is 3.48. The lowest BCUT2D eigenvalue weighted by atomic mass is 9.74. The summed E-state index contributed by atoms with van der Waals surface area (Å²) in [4.78, 5) is 21.4. The van der Waals surface area contributed by atoms with Crippen molar-refractivity contribution in [2.24, 2.45) is 27.2 Å². The number of hydrogen-bond acceptors (Lipinski definition) is 17. The third-order valence-electron chi connectivity index (χ3n) is 15.3. The van der Waals surface area contributed by atoms with Crippen LogP contribution in [0.5, 0.6) is 17.2 Å². The average molecular weight is 1170 g/mol. The van der Waals surface area contributed by atoms with Crippen LogP contribution in [0.15, 0.2) is 97.8 Å². The summed E-state index contributed by atoms with van der Waals surface area (Å²) in [5.74, 6) is 3.22. The first-order valence-electron chi connectivity index (χ1n) is 26.5. The van der Waals surface area contributed by atoms with Crippen molar-refractivity contribution < 1.29 is 42.8 Å². The normalized spacial score (nSPS) is 29.9. The molecule has 12 rings (SSSR count). The maximum atomic E-state index is 9.26. The predicted molar refractivity (Wildman–Crippen MR) is 297 cm³/mol. The smallest absolute Gasteiger partial charge is 0.216 e. The highest BCUT2D eigenvalue weighted by molar-refractivity contribution is 9.10. The van der Waals surface area contributed by atoms with E-state index in [0.717, 1.165) is 119 Å². The fraction of sp³-hybridized carbons (Fsp3) is 0.526. The van der Waals surface area contributed by atoms with Crippen LogP contribution in [0.1, 0.15) is 101 Å². The van der Waals surface area contributed by atoms with Crippen LogP contribution in [0.2, 0.25) is 0 Å². The summed E-state index contributed by atoms with van der Waals surface area (Å²) in [6.45, 7) is 12.0. The maximum Gasteiger partial charge on any atom is 0.216 e. The van der Waals surface area contributed by atoms with E-state index in [1.807, 2.05) is 81.4 Å². The molecule has 17 nitrogen and oxygen atoms in total. The second-order valence-corrected chi connectivity index (χ2v) is 22.7. The van der Waals surface area contributed by atoms with E-state index >= 15 is 0 Å². The Morgan fingerprint density at radius 2 is 1.08 bits per heavy atom. The molecular weight excluding hydrogens is 1100 g/mol. The van der Waals surface area contributed by atoms with Crippen molar-refractivity contribution >= 4 is 43.8 Å². The van der Waals surface area contributed by atoms with Gasteiger partial charge in [0, 0.05) is 85.4 Å². The van der Waals surface area contributed by atoms with Crippen molar-refractivity contribution in [3.8, 4) is 34.4 Å². The molecule has 6 N–H and O–H groups in total. The fourth-order valence-electron chi connectivity index (χ4n) is 11.8. The molecule has 0 amide bonds. The highest BCUT2D eigenvalue weighted by atomic mass is 79.9. The molecule has 0 aromatic heterocycles. The van der Waals surface area contributed by atoms with E-state index in [9.17, 15) is 5.26 Å². The van der Waals surface area contributed by atoms with Crippen LogP contribution < -0.4 is 31.4 Å². The molecule has 8 heterocycles. The number of aliphatic imine (C=N–C) groups is 2. The molecule has 8 aliphatic rings. The maximum absolute atomic E-state index is 9.26. The Morgan fingerprint density at radius 3 is 1.55 bits per heavy atom. The number of rotatable bonds is 4. The predicted octanol–water partition coefficient (Wildman–Crippen LogP) is 9.11. The van der Waals surface area contributed by atoms with Crippen LogP contribution >= 0.6 is 31.9 Å². The van der Waals surface area contributed by atoms with Crippen LogP contribution in [0.25, 0.3) is 11.1 Å². The molecule has 4 aromatic carbocycles. The fourth-order valence-corrected chi connectivity index (χ4v) is 12.5. The van der Waals surface area contributed by atoms with Crippen molar-refractivity contribution in [2.75, 3.05) is 80.2 Å². The zero-order valence-electron chi connectivity index (χ0n) is 44.3. The summed E-state index contributed by atoms with van der Waals surface area (Å²) in [6.07, 6.45) is 7.86. The van der Waals surface area contributed by atoms with E-state index in [-0.39, 0.29) is 11.2 Å². The second-order valence-electron chi connectivity index (χ2n) is 20.9. The highest BCUT2D eigenvalue weighted by Gasteiger charge is 2.55. The van der Waals surface area contributed by atoms with Crippen LogP contribution in [-0.4, -0.2) is 119 Å². The van der Waals surface area contributed by atoms with Gasteiger partial charge in [0.1, 0.15) is 58.3 Å². The van der Waals surface area contributed by atoms with Gasteiger partial charge in [-0.1, -0.05) is 63.9 Å². The lowest BCUT2D eigenvalue weighted by molar-refractivity contribution is -0.147. The Hall–Kier alpha value is -5.01. The van der Waals surface area contributed by atoms with Gasteiger partial charge in [-0.2, -0.15) is 5.26 Å². The summed E-state index contributed by atoms with van der Waals surface area (Å²) in [5, 5.41) is 12.3. The van der Waals surface area contributed by atoms with Gasteiger partial charge in [0.2, 0.25) is 11.9 Å². The van der Waals surface area contributed by atoms with Crippen LogP contribution in [0.3, 0.4) is 0 Å². The topological polar surface area (TPSA) is 216 Å². The molecule has 3 saturated heterocycles. The molecular formula is C57H72Br2N8O9. The SMILES string of the molecule is CC.CCOCC1(N)CC2(CCCOC2)Oc2ccc(Br)cc21.CN1OCC2(CC3(CCCOC3)Oc3ccc(-c4cccc(C#N)c4)cc32)N=C1N.CN1OCC2(CC3(CCCOC3)Oc3ccc(Br)cc32)N=C1N. The molecule has 8 aliphatic heterocycles. The number of fused-ring (bicyclic) bond motifs is 5. The largest absolute Gasteiger partial charge is 0.484 e. The summed E-state index contributed by atoms with van der Waals surface area (Å²) >= 11 is 7.06. The third kappa shape index (κ3) is 11.6. The van der Waals surface area contributed by atoms with E-state index in [1.54, 1.807) is 20.2 Å². The van der Waals surface area contributed by atoms with Crippen molar-refractivity contribution in [1.29, 1.82) is 5.26 Å². The Labute approximate surface area is 463 Å². The lowest BCUT2D eigenvalue weighted by Crippen LogP contribution is -2.57. The van der Waals surface area contributed by atoms with Gasteiger partial charge in [0.05, 0.1) is 43.6 Å². The van der Waals surface area contributed by atoms with Gasteiger partial charge in [0.15, 0.2) is 0 Å². The van der Waals surface area contributed by atoms with Crippen molar-refractivity contribution in [3.05, 3.63) is 110 Å². The molecule has 0 radical (unpaired) electrons. The molecule has 4 aromatic rings. The van der Waals surface area contributed by atoms with Crippen LogP contribution in [-0.2, 0) is 45.2 Å². The quantitative estimate of drug-likeness (QED) is 0.174. The minimum Gasteiger partial charge on any atom is -0.484 e. The van der Waals surface area contributed by atoms with Gasteiger partial charge in [-0.3, -0.25) is 9.68 Å². The molecule has 0 bridgehead atoms. The van der Waals surface area contributed by atoms with Crippen molar-refractivity contribution in [3.63, 3.8) is 0 Å². The van der Waals surface area contributed by atoms with E-state index in [2.05, 4.69) is 50.1 Å². The monoisotopic (exact) mass is 1170 g/mol. The number of nitrogens with two attached hydrogens (primary N) is 3. The highest BCUT2D eigenvalue weighted by Crippen LogP contribution is 2.53. The molecule has 6 atom stereocenters. The molecule has 76 heavy (non-hydrogen) atoms. The zero-order valence-corrected chi connectivity index (χ0v) is 47.5. The third-order valence-corrected chi connectivity index (χ3v) is 16.3. The summed E-state index contributed by atoms with van der Waals surface area (Å²) in [5.41, 5.74) is 21.8. The number of nitrogens with zero attached hydrogens (tertiary/aromatic N) is 5. The number of ether oxygens (including phenoxy) is 7. The molecule has 3 fully saturated rings. The minimum absolute atomic E-state index is 0.315. The molecule has 19 heteroatoms. The Balaban J connectivity index is 0.000000140. The first-order chi connectivity index (χ1) is 36.6. The number of halogens is 2. The number of hydrogen-bond donors (Lipinski definition) is 3. The molecule has 6 unspecified atom stereocenters. The van der Waals surface area contributed by atoms with Crippen molar-refractivity contribution in [2.45, 2.75) is 112 Å². The van der Waals surface area contributed by atoms with Gasteiger partial charge in [-0.15, -0.1) is 0 Å². The van der Waals surface area contributed by atoms with E-state index < -0.39 is 22.2 Å². The standard InChI is InChI=1S/C23H24N4O3.C16H20BrN3O3.C16H22BrNO3.C2H6/c1-27-21(25)26-23(15-29-27)13-22(8-3-9-28-14-22)30-20-7-6-18(11-19(20)23)17-5-2-4-16(10-17)12-24;1-20-14(18)19-16(10-22-20)8-15(5-2-6-21-9-15)23-13-4-3-11(17)7-12(13)16;1-2-19-11-16(18)9-15(6-3-7-20-10-15)21-14-5-4-12(17)8-13(14)16;1-2/h2,4-7,10-11H,3,8-9,13-15H2,1H3,(H2,25,26);3-4,7H,2,5-6,8-10H2,1H3,(H2,18,19);4-5,8H,2-3,6-7,9-11,18H2,1H3;1-2H3. The van der Waals surface area contributed by atoms with Gasteiger partial charge >= 0.3 is 0 Å². The van der Waals surface area contributed by atoms with Crippen LogP contribution in [0, 0.1) is 11.3 Å². The van der Waals surface area contributed by atoms with Crippen molar-refractivity contribution in [1.82, 2.24) is 10.1 Å². The van der Waals surface area contributed by atoms with E-state index in [0.29, 0.717) is 76.6 Å². The lowest BCUT2D eigenvalue weighted by Gasteiger charge is -2.49. The summed E-state index contributed by atoms with van der Waals surface area (Å²) < 4.78 is 44.1.